The number of urea groups is 1. The zero-order chi connectivity index (χ0) is 49.1. The lowest BCUT2D eigenvalue weighted by Crippen LogP contribution is -2.61. The molecule has 7 unspecified atom stereocenters. The van der Waals surface area contributed by atoms with Gasteiger partial charge in [0, 0.05) is 30.0 Å². The Morgan fingerprint density at radius 2 is 1.44 bits per heavy atom. The number of phenols is 1. The first-order valence-electron chi connectivity index (χ1n) is 20.4. The third-order valence-electron chi connectivity index (χ3n) is 9.66. The van der Waals surface area contributed by atoms with Crippen LogP contribution in [0.2, 0.25) is 0 Å². The van der Waals surface area contributed by atoms with Crippen LogP contribution in [0.1, 0.15) is 52.0 Å². The minimum absolute atomic E-state index is 0.0227. The number of carbonyl (C=O) groups is 10. The van der Waals surface area contributed by atoms with Gasteiger partial charge in [-0.2, -0.15) is 0 Å². The summed E-state index contributed by atoms with van der Waals surface area (Å²) in [5.74, 6) is -9.29. The molecule has 360 valence electrons. The molecule has 7 atom stereocenters. The number of Topliss-reactive ketones (excluding diaryl/α,β-unsaturated/α-hetero) is 1. The lowest BCUT2D eigenvalue weighted by molar-refractivity contribution is -0.141. The topological polar surface area (TPSA) is 395 Å². The van der Waals surface area contributed by atoms with Crippen molar-refractivity contribution in [2.75, 3.05) is 28.9 Å². The monoisotopic (exact) mass is 961 g/mol. The van der Waals surface area contributed by atoms with Gasteiger partial charge in [0.2, 0.25) is 41.4 Å². The molecule has 1 heterocycles. The normalized spacial score (nSPS) is 21.8. The Morgan fingerprint density at radius 1 is 0.818 bits per heavy atom. The third kappa shape index (κ3) is 18.0. The van der Waals surface area contributed by atoms with Crippen LogP contribution >= 0.6 is 21.6 Å². The molecule has 2 aromatic rings. The Morgan fingerprint density at radius 3 is 2.06 bits per heavy atom. The van der Waals surface area contributed by atoms with Gasteiger partial charge in [-0.05, 0) is 61.2 Å². The van der Waals surface area contributed by atoms with Gasteiger partial charge in [-0.15, -0.1) is 0 Å². The number of carbonyl (C=O) groups excluding carboxylic acids is 9. The maximum atomic E-state index is 14.2. The van der Waals surface area contributed by atoms with Gasteiger partial charge in [-0.1, -0.05) is 47.9 Å². The number of ether oxygens (including phenoxy) is 1. The zero-order valence-electron chi connectivity index (χ0n) is 36.2. The third-order valence-corrected chi connectivity index (χ3v) is 12.1. The highest BCUT2D eigenvalue weighted by Crippen LogP contribution is 2.26. The Labute approximate surface area is 386 Å². The first-order valence-corrected chi connectivity index (χ1v) is 22.8. The number of benzene rings is 2. The highest BCUT2D eigenvalue weighted by molar-refractivity contribution is 8.76. The molecule has 1 fully saturated rings. The van der Waals surface area contributed by atoms with Crippen LogP contribution in [0.25, 0.3) is 0 Å². The number of aliphatic carboxylic acids is 1. The number of hydrazine groups is 1. The van der Waals surface area contributed by atoms with Gasteiger partial charge in [0.1, 0.15) is 48.3 Å². The van der Waals surface area contributed by atoms with Crippen LogP contribution in [0.15, 0.2) is 42.5 Å². The number of carboxylic acid groups (broad SMARTS) is 1. The second-order valence-corrected chi connectivity index (χ2v) is 17.6. The molecule has 2 aromatic carbocycles. The first kappa shape index (κ1) is 53.5. The summed E-state index contributed by atoms with van der Waals surface area (Å²) in [6.07, 6.45) is -1.59. The van der Waals surface area contributed by atoms with Crippen molar-refractivity contribution in [1.29, 1.82) is 0 Å². The number of aromatic hydroxyl groups is 1. The molecule has 0 aromatic heterocycles. The molecule has 0 bridgehead atoms. The number of hydrogen-bond donors (Lipinski definition) is 13. The first-order chi connectivity index (χ1) is 31.2. The van der Waals surface area contributed by atoms with E-state index < -0.39 is 115 Å². The predicted molar refractivity (Wildman–Crippen MR) is 242 cm³/mol. The molecule has 0 spiro atoms. The summed E-state index contributed by atoms with van der Waals surface area (Å²) in [7, 11) is 1.90. The molecule has 0 aliphatic carbocycles. The fraction of sp³-hybridized carbons (Fsp3) is 0.450. The maximum Gasteiger partial charge on any atom is 0.337 e. The van der Waals surface area contributed by atoms with Crippen molar-refractivity contribution in [1.82, 2.24) is 32.0 Å². The van der Waals surface area contributed by atoms with Crippen molar-refractivity contribution in [3.63, 3.8) is 0 Å². The van der Waals surface area contributed by atoms with Crippen LogP contribution in [-0.4, -0.2) is 124 Å². The number of amides is 9. The van der Waals surface area contributed by atoms with E-state index >= 15 is 0 Å². The fourth-order valence-electron chi connectivity index (χ4n) is 5.86. The van der Waals surface area contributed by atoms with E-state index in [1.165, 1.54) is 37.3 Å². The number of primary amides is 2. The molecule has 9 amide bonds. The summed E-state index contributed by atoms with van der Waals surface area (Å²) in [5.41, 5.74) is 22.5. The van der Waals surface area contributed by atoms with Crippen molar-refractivity contribution in [3.8, 4) is 11.5 Å². The molecule has 3 rings (SSSR count). The molecule has 16 N–H and O–H groups in total. The van der Waals surface area contributed by atoms with Crippen LogP contribution in [0.5, 0.6) is 11.5 Å². The highest BCUT2D eigenvalue weighted by atomic mass is 33.1. The van der Waals surface area contributed by atoms with Crippen molar-refractivity contribution in [2.24, 2.45) is 23.1 Å². The SMILES string of the molecule is CCC(C)C1NC(=O)C(Cc2ccc(O)c(NNC(=O)Nc3ccc(OCC(C)=O)cc3)c2)NC(=O)C(N)CSSCC(C(=O)O)NC(=O)C(CC(N)=O)NC(=O)C(CCC(N)=O)NC1=O. The summed E-state index contributed by atoms with van der Waals surface area (Å²) in [5, 5.41) is 35.2. The second kappa shape index (κ2) is 26.2. The molecule has 0 radical (unpaired) electrons. The van der Waals surface area contributed by atoms with E-state index in [1.807, 2.05) is 0 Å². The van der Waals surface area contributed by atoms with Crippen molar-refractivity contribution in [2.45, 2.75) is 89.1 Å². The Bertz CT molecular complexity index is 2110. The van der Waals surface area contributed by atoms with E-state index in [2.05, 4.69) is 42.8 Å². The molecule has 1 aliphatic rings. The van der Waals surface area contributed by atoms with E-state index in [1.54, 1.807) is 26.0 Å². The zero-order valence-corrected chi connectivity index (χ0v) is 37.8. The summed E-state index contributed by atoms with van der Waals surface area (Å²) in [4.78, 5) is 128. The molecule has 26 heteroatoms. The number of phenolic OH excluding ortho intramolecular Hbond substituents is 1. The molecule has 1 saturated heterocycles. The average Bonchev–Trinajstić information content (AvgIpc) is 3.25. The molecule has 24 nitrogen and oxygen atoms in total. The lowest BCUT2D eigenvalue weighted by Gasteiger charge is -2.29. The highest BCUT2D eigenvalue weighted by Gasteiger charge is 2.35. The van der Waals surface area contributed by atoms with Crippen LogP contribution in [0, 0.1) is 5.92 Å². The fourth-order valence-corrected chi connectivity index (χ4v) is 8.13. The number of carboxylic acids is 1. The van der Waals surface area contributed by atoms with Crippen molar-refractivity contribution in [3.05, 3.63) is 48.0 Å². The number of hydrogen-bond acceptors (Lipinski definition) is 16. The second-order valence-electron chi connectivity index (χ2n) is 15.1. The molecular weight excluding hydrogens is 907 g/mol. The standard InChI is InChI=1S/C40H55N11O13S2/c1-4-19(2)33-38(60)45-25(10-12-31(42)54)35(57)47-28(15-32(43)55)36(58)48-29(39(61)62)18-66-65-17-24(41)34(56)46-27(37(59)49-33)14-21-5-11-30(53)26(13-21)50-51-40(63)44-22-6-8-23(9-7-22)64-16-20(3)52/h5-9,11,13,19,24-25,27-29,33,50,53H,4,10,12,14-18,41H2,1-3H3,(H2,42,54)(H2,43,55)(H,45,60)(H,46,56)(H,47,57)(H,48,58)(H,49,59)(H,61,62)(H2,44,51,63). The number of anilines is 2. The summed E-state index contributed by atoms with van der Waals surface area (Å²) >= 11 is 0. The van der Waals surface area contributed by atoms with Crippen LogP contribution in [0.4, 0.5) is 16.2 Å². The molecule has 1 aliphatic heterocycles. The number of rotatable bonds is 16. The number of ketones is 1. The molecule has 0 saturated carbocycles. The van der Waals surface area contributed by atoms with Gasteiger partial charge in [-0.25, -0.2) is 9.59 Å². The van der Waals surface area contributed by atoms with Gasteiger partial charge in [0.05, 0.1) is 18.2 Å². The van der Waals surface area contributed by atoms with Crippen LogP contribution in [0.3, 0.4) is 0 Å². The minimum atomic E-state index is -1.72. The Balaban J connectivity index is 1.94. The van der Waals surface area contributed by atoms with Crippen LogP contribution < -0.4 is 64.7 Å². The minimum Gasteiger partial charge on any atom is -0.506 e. The maximum absolute atomic E-state index is 14.2. The smallest absolute Gasteiger partial charge is 0.337 e. The number of nitrogens with one attached hydrogen (secondary N) is 8. The molecular formula is C40H55N11O13S2. The van der Waals surface area contributed by atoms with E-state index in [0.29, 0.717) is 23.4 Å². The van der Waals surface area contributed by atoms with E-state index in [0.717, 1.165) is 21.6 Å². The largest absolute Gasteiger partial charge is 0.506 e. The van der Waals surface area contributed by atoms with Gasteiger partial charge in [-0.3, -0.25) is 49.2 Å². The van der Waals surface area contributed by atoms with Gasteiger partial charge < -0.3 is 64.1 Å². The lowest BCUT2D eigenvalue weighted by atomic mass is 9.96. The van der Waals surface area contributed by atoms with Gasteiger partial charge >= 0.3 is 12.0 Å². The van der Waals surface area contributed by atoms with E-state index in [9.17, 15) is 58.2 Å². The molecule has 66 heavy (non-hydrogen) atoms. The summed E-state index contributed by atoms with van der Waals surface area (Å²) in [6, 6.07) is 0.483. The Hall–Kier alpha value is -6.80. The Kier molecular flexibility index (Phi) is 21.3. The van der Waals surface area contributed by atoms with Gasteiger partial charge in [0.15, 0.2) is 5.78 Å². The predicted octanol–water partition coefficient (Wildman–Crippen LogP) is -1.53. The quantitative estimate of drug-likeness (QED) is 0.0516. The van der Waals surface area contributed by atoms with Crippen molar-refractivity contribution < 1.29 is 62.9 Å². The average molecular weight is 962 g/mol. The van der Waals surface area contributed by atoms with E-state index in [-0.39, 0.29) is 41.8 Å². The van der Waals surface area contributed by atoms with Crippen LogP contribution in [-0.2, 0) is 49.6 Å². The van der Waals surface area contributed by atoms with Gasteiger partial charge in [0.25, 0.3) is 0 Å². The summed E-state index contributed by atoms with van der Waals surface area (Å²) in [6.45, 7) is 4.59. The van der Waals surface area contributed by atoms with Crippen molar-refractivity contribution >= 4 is 92.1 Å². The summed E-state index contributed by atoms with van der Waals surface area (Å²) < 4.78 is 5.31. The number of nitrogens with two attached hydrogens (primary N) is 3. The van der Waals surface area contributed by atoms with E-state index in [4.69, 9.17) is 21.9 Å².